The number of piperidine rings is 1. The Labute approximate surface area is 206 Å². The number of amides is 1. The average Bonchev–Trinajstić information content (AvgIpc) is 2.72. The largest absolute Gasteiger partial charge is 0.506 e. The van der Waals surface area contributed by atoms with Crippen LogP contribution in [0.25, 0.3) is 0 Å². The second-order valence-corrected chi connectivity index (χ2v) is 12.1. The topological polar surface area (TPSA) is 133 Å². The minimum atomic E-state index is -4.33. The number of rotatable bonds is 5. The van der Waals surface area contributed by atoms with Crippen LogP contribution in [0.4, 0.5) is 4.39 Å². The number of carbonyl (C=O) groups excluding carboxylic acids is 1. The van der Waals surface area contributed by atoms with Crippen molar-refractivity contribution in [1.82, 2.24) is 9.62 Å². The fourth-order valence-electron chi connectivity index (χ4n) is 4.62. The van der Waals surface area contributed by atoms with Crippen molar-refractivity contribution in [1.29, 1.82) is 0 Å². The maximum absolute atomic E-state index is 13.9. The number of primary amides is 1. The molecule has 0 atom stereocenters. The van der Waals surface area contributed by atoms with Crippen molar-refractivity contribution in [3.05, 3.63) is 40.2 Å². The van der Waals surface area contributed by atoms with E-state index in [1.807, 2.05) is 4.90 Å². The molecule has 2 aromatic rings. The van der Waals surface area contributed by atoms with Crippen molar-refractivity contribution in [2.24, 2.45) is 5.73 Å². The van der Waals surface area contributed by atoms with Gasteiger partial charge in [-0.15, -0.1) is 0 Å². The summed E-state index contributed by atoms with van der Waals surface area (Å²) in [4.78, 5) is 12.9. The lowest BCUT2D eigenvalue weighted by molar-refractivity contribution is -0.119. The van der Waals surface area contributed by atoms with E-state index in [4.69, 9.17) is 17.3 Å². The number of benzene rings is 2. The molecule has 8 nitrogen and oxygen atoms in total. The molecule has 2 aliphatic rings. The standard InChI is InChI=1S/C22H25ClFN3O5S2/c1-22(2)13-4-3-11(24)9-14(13)33-20-16(22)18(29)17(23)21(19(20)30)34(31,32)26-12-5-7-27(8-6-12)10-15(25)28/h3-4,9,12,26,29-30H,5-8,10H2,1-2H3,(H2,25,28). The van der Waals surface area contributed by atoms with Gasteiger partial charge in [0, 0.05) is 35.0 Å². The molecule has 0 aliphatic carbocycles. The van der Waals surface area contributed by atoms with Gasteiger partial charge in [-0.05, 0) is 30.5 Å². The molecule has 0 bridgehead atoms. The van der Waals surface area contributed by atoms with Crippen molar-refractivity contribution in [3.63, 3.8) is 0 Å². The minimum Gasteiger partial charge on any atom is -0.506 e. The molecule has 184 valence electrons. The summed E-state index contributed by atoms with van der Waals surface area (Å²) in [5, 5.41) is 21.6. The number of sulfonamides is 1. The molecule has 2 heterocycles. The number of phenolic OH excluding ortho intramolecular Hbond substituents is 2. The Balaban J connectivity index is 1.70. The SMILES string of the molecule is CC1(C)c2ccc(F)cc2Sc2c(O)c(S(=O)(=O)NC3CCN(CC(N)=O)CC3)c(Cl)c(O)c21. The number of carbonyl (C=O) groups is 1. The molecule has 0 aromatic heterocycles. The first-order valence-corrected chi connectivity index (χ1v) is 13.3. The average molecular weight is 530 g/mol. The Morgan fingerprint density at radius 3 is 2.56 bits per heavy atom. The molecule has 0 unspecified atom stereocenters. The van der Waals surface area contributed by atoms with Crippen LogP contribution in [-0.4, -0.2) is 55.1 Å². The minimum absolute atomic E-state index is 0.0971. The van der Waals surface area contributed by atoms with Crippen molar-refractivity contribution in [2.45, 2.75) is 52.8 Å². The lowest BCUT2D eigenvalue weighted by atomic mass is 9.77. The molecule has 2 aromatic carbocycles. The molecule has 5 N–H and O–H groups in total. The Kier molecular flexibility index (Phi) is 6.54. The number of likely N-dealkylation sites (tertiary alicyclic amines) is 1. The van der Waals surface area contributed by atoms with Crippen LogP contribution >= 0.6 is 23.4 Å². The first-order valence-electron chi connectivity index (χ1n) is 10.6. The second kappa shape index (κ2) is 8.87. The molecule has 1 amide bonds. The number of hydrogen-bond acceptors (Lipinski definition) is 7. The zero-order valence-electron chi connectivity index (χ0n) is 18.6. The van der Waals surface area contributed by atoms with E-state index in [9.17, 15) is 27.8 Å². The van der Waals surface area contributed by atoms with Crippen LogP contribution in [0.15, 0.2) is 32.9 Å². The summed E-state index contributed by atoms with van der Waals surface area (Å²) in [7, 11) is -4.33. The van der Waals surface area contributed by atoms with Gasteiger partial charge in [-0.2, -0.15) is 0 Å². The smallest absolute Gasteiger partial charge is 0.246 e. The fourth-order valence-corrected chi connectivity index (χ4v) is 8.14. The van der Waals surface area contributed by atoms with Crippen LogP contribution in [-0.2, 0) is 20.2 Å². The predicted octanol–water partition coefficient (Wildman–Crippen LogP) is 2.91. The van der Waals surface area contributed by atoms with Gasteiger partial charge in [-0.1, -0.05) is 43.3 Å². The zero-order valence-corrected chi connectivity index (χ0v) is 21.0. The van der Waals surface area contributed by atoms with Gasteiger partial charge in [0.1, 0.15) is 21.5 Å². The maximum atomic E-state index is 13.9. The maximum Gasteiger partial charge on any atom is 0.246 e. The Morgan fingerprint density at radius 2 is 1.94 bits per heavy atom. The third-order valence-corrected chi connectivity index (χ3v) is 9.53. The van der Waals surface area contributed by atoms with Gasteiger partial charge in [-0.3, -0.25) is 9.69 Å². The van der Waals surface area contributed by atoms with E-state index in [1.165, 1.54) is 12.1 Å². The highest BCUT2D eigenvalue weighted by Gasteiger charge is 2.42. The number of hydrogen-bond donors (Lipinski definition) is 4. The highest BCUT2D eigenvalue weighted by atomic mass is 35.5. The normalized spacial score (nSPS) is 18.4. The van der Waals surface area contributed by atoms with Gasteiger partial charge in [0.05, 0.1) is 11.4 Å². The number of nitrogens with one attached hydrogen (secondary N) is 1. The highest BCUT2D eigenvalue weighted by molar-refractivity contribution is 7.99. The lowest BCUT2D eigenvalue weighted by Crippen LogP contribution is -2.46. The summed E-state index contributed by atoms with van der Waals surface area (Å²) in [5.41, 5.74) is 5.33. The Bertz CT molecular complexity index is 1280. The molecule has 2 aliphatic heterocycles. The fraction of sp³-hybridized carbons (Fsp3) is 0.409. The molecule has 1 fully saturated rings. The quantitative estimate of drug-likeness (QED) is 0.438. The van der Waals surface area contributed by atoms with Gasteiger partial charge < -0.3 is 15.9 Å². The van der Waals surface area contributed by atoms with E-state index in [1.54, 1.807) is 19.9 Å². The van der Waals surface area contributed by atoms with E-state index < -0.39 is 54.6 Å². The third kappa shape index (κ3) is 4.35. The lowest BCUT2D eigenvalue weighted by Gasteiger charge is -2.36. The summed E-state index contributed by atoms with van der Waals surface area (Å²) in [5.74, 6) is -1.97. The molecule has 1 saturated heterocycles. The van der Waals surface area contributed by atoms with E-state index in [0.29, 0.717) is 36.4 Å². The molecular weight excluding hydrogens is 505 g/mol. The van der Waals surface area contributed by atoms with Gasteiger partial charge in [0.2, 0.25) is 15.9 Å². The van der Waals surface area contributed by atoms with E-state index in [2.05, 4.69) is 4.72 Å². The molecule has 0 saturated carbocycles. The third-order valence-electron chi connectivity index (χ3n) is 6.31. The van der Waals surface area contributed by atoms with Crippen molar-refractivity contribution >= 4 is 39.3 Å². The van der Waals surface area contributed by atoms with E-state index in [-0.39, 0.29) is 17.0 Å². The molecular formula is C22H25ClFN3O5S2. The summed E-state index contributed by atoms with van der Waals surface area (Å²) in [6.45, 7) is 4.60. The second-order valence-electron chi connectivity index (χ2n) is 9.05. The summed E-state index contributed by atoms with van der Waals surface area (Å²) in [6, 6.07) is 3.76. The number of nitrogens with zero attached hydrogens (tertiary/aromatic N) is 1. The van der Waals surface area contributed by atoms with E-state index >= 15 is 0 Å². The van der Waals surface area contributed by atoms with Crippen LogP contribution < -0.4 is 10.5 Å². The molecule has 0 spiro atoms. The van der Waals surface area contributed by atoms with Gasteiger partial charge >= 0.3 is 0 Å². The van der Waals surface area contributed by atoms with Crippen molar-refractivity contribution in [3.8, 4) is 11.5 Å². The summed E-state index contributed by atoms with van der Waals surface area (Å²) < 4.78 is 43.0. The Hall–Kier alpha value is -2.05. The highest BCUT2D eigenvalue weighted by Crippen LogP contribution is 2.58. The number of aromatic hydroxyl groups is 2. The number of halogens is 2. The van der Waals surface area contributed by atoms with Gasteiger partial charge in [-0.25, -0.2) is 17.5 Å². The first kappa shape index (κ1) is 25.1. The number of phenols is 2. The molecule has 4 rings (SSSR count). The summed E-state index contributed by atoms with van der Waals surface area (Å²) >= 11 is 7.32. The number of nitrogens with two attached hydrogens (primary N) is 1. The van der Waals surface area contributed by atoms with Crippen LogP contribution in [0.2, 0.25) is 5.02 Å². The van der Waals surface area contributed by atoms with Crippen molar-refractivity contribution < 1.29 is 27.8 Å². The van der Waals surface area contributed by atoms with Gasteiger partial charge in [0.15, 0.2) is 5.75 Å². The number of fused-ring (bicyclic) bond motifs is 2. The van der Waals surface area contributed by atoms with Crippen molar-refractivity contribution in [2.75, 3.05) is 19.6 Å². The van der Waals surface area contributed by atoms with Crippen LogP contribution in [0.5, 0.6) is 11.5 Å². The Morgan fingerprint density at radius 1 is 1.29 bits per heavy atom. The molecule has 0 radical (unpaired) electrons. The first-order chi connectivity index (χ1) is 15.8. The van der Waals surface area contributed by atoms with Gasteiger partial charge in [0.25, 0.3) is 0 Å². The van der Waals surface area contributed by atoms with Crippen LogP contribution in [0, 0.1) is 5.82 Å². The van der Waals surface area contributed by atoms with Crippen LogP contribution in [0.1, 0.15) is 37.8 Å². The predicted molar refractivity (Wildman–Crippen MR) is 126 cm³/mol. The molecule has 12 heteroatoms. The zero-order chi connectivity index (χ0) is 25.0. The monoisotopic (exact) mass is 529 g/mol. The summed E-state index contributed by atoms with van der Waals surface area (Å²) in [6.07, 6.45) is 0.854. The van der Waals surface area contributed by atoms with Crippen LogP contribution in [0.3, 0.4) is 0 Å². The van der Waals surface area contributed by atoms with E-state index in [0.717, 1.165) is 11.8 Å². The molecule has 34 heavy (non-hydrogen) atoms.